The zero-order valence-electron chi connectivity index (χ0n) is 9.78. The highest BCUT2D eigenvalue weighted by molar-refractivity contribution is 6.00. The smallest absolute Gasteiger partial charge is 0.309 e. The highest BCUT2D eigenvalue weighted by atomic mass is 19.2. The molecular formula is C13H12F2O3. The summed E-state index contributed by atoms with van der Waals surface area (Å²) >= 11 is 0. The van der Waals surface area contributed by atoms with Crippen molar-refractivity contribution in [3.05, 3.63) is 35.4 Å². The lowest BCUT2D eigenvalue weighted by atomic mass is 10.1. The second kappa shape index (κ2) is 4.84. The van der Waals surface area contributed by atoms with Crippen molar-refractivity contribution in [3.63, 3.8) is 0 Å². The average Bonchev–Trinajstić information content (AvgIpc) is 3.15. The van der Waals surface area contributed by atoms with Gasteiger partial charge in [-0.1, -0.05) is 0 Å². The van der Waals surface area contributed by atoms with Gasteiger partial charge in [-0.15, -0.1) is 0 Å². The number of Topliss-reactive ketones (excluding diaryl/α,β-unsaturated/α-hetero) is 1. The van der Waals surface area contributed by atoms with Crippen molar-refractivity contribution in [2.45, 2.75) is 25.9 Å². The summed E-state index contributed by atoms with van der Waals surface area (Å²) in [5.74, 6) is -3.16. The third-order valence-corrected chi connectivity index (χ3v) is 2.78. The van der Waals surface area contributed by atoms with E-state index < -0.39 is 29.5 Å². The van der Waals surface area contributed by atoms with Gasteiger partial charge in [0.15, 0.2) is 17.7 Å². The summed E-state index contributed by atoms with van der Waals surface area (Å²) in [6, 6.07) is 2.85. The summed E-state index contributed by atoms with van der Waals surface area (Å²) in [5.41, 5.74) is -0.00926. The van der Waals surface area contributed by atoms with Gasteiger partial charge in [-0.25, -0.2) is 8.78 Å². The van der Waals surface area contributed by atoms with Gasteiger partial charge in [-0.05, 0) is 38.0 Å². The number of carbonyl (C=O) groups is 2. The minimum absolute atomic E-state index is 0.00926. The molecule has 0 bridgehead atoms. The highest BCUT2D eigenvalue weighted by Gasteiger charge is 2.33. The molecule has 0 saturated heterocycles. The van der Waals surface area contributed by atoms with Crippen molar-refractivity contribution in [2.24, 2.45) is 5.92 Å². The molecule has 1 fully saturated rings. The van der Waals surface area contributed by atoms with Crippen LogP contribution in [0.25, 0.3) is 0 Å². The summed E-state index contributed by atoms with van der Waals surface area (Å²) in [5, 5.41) is 0. The van der Waals surface area contributed by atoms with Gasteiger partial charge < -0.3 is 4.74 Å². The molecule has 1 atom stereocenters. The molecule has 5 heteroatoms. The quantitative estimate of drug-likeness (QED) is 0.612. The minimum atomic E-state index is -1.10. The summed E-state index contributed by atoms with van der Waals surface area (Å²) in [6.45, 7) is 1.42. The number of esters is 1. The number of rotatable bonds is 4. The van der Waals surface area contributed by atoms with Crippen molar-refractivity contribution in [2.75, 3.05) is 0 Å². The minimum Gasteiger partial charge on any atom is -0.454 e. The second-order valence-corrected chi connectivity index (χ2v) is 4.35. The van der Waals surface area contributed by atoms with Crippen molar-refractivity contribution >= 4 is 11.8 Å². The predicted octanol–water partition coefficient (Wildman–Crippen LogP) is 2.49. The highest BCUT2D eigenvalue weighted by Crippen LogP contribution is 2.30. The molecule has 0 radical (unpaired) electrons. The van der Waals surface area contributed by atoms with E-state index in [1.54, 1.807) is 0 Å². The summed E-state index contributed by atoms with van der Waals surface area (Å²) < 4.78 is 30.6. The van der Waals surface area contributed by atoms with Crippen LogP contribution >= 0.6 is 0 Å². The van der Waals surface area contributed by atoms with Crippen LogP contribution in [0.15, 0.2) is 18.2 Å². The molecule has 1 unspecified atom stereocenters. The molecule has 2 rings (SSSR count). The molecule has 1 saturated carbocycles. The van der Waals surface area contributed by atoms with Crippen LogP contribution in [0.3, 0.4) is 0 Å². The SMILES string of the molecule is CC(OC(=O)C1CC1)C(=O)c1ccc(F)c(F)c1. The van der Waals surface area contributed by atoms with Gasteiger partial charge in [0, 0.05) is 5.56 Å². The fourth-order valence-electron chi connectivity index (χ4n) is 1.53. The van der Waals surface area contributed by atoms with Crippen LogP contribution in [0.4, 0.5) is 8.78 Å². The number of ether oxygens (including phenoxy) is 1. The number of halogens is 2. The van der Waals surface area contributed by atoms with Crippen LogP contribution in [0.2, 0.25) is 0 Å². The number of ketones is 1. The Bertz CT molecular complexity index is 495. The van der Waals surface area contributed by atoms with Crippen molar-refractivity contribution in [1.82, 2.24) is 0 Å². The molecule has 1 aromatic carbocycles. The number of hydrogen-bond donors (Lipinski definition) is 0. The first-order valence-electron chi connectivity index (χ1n) is 5.69. The average molecular weight is 254 g/mol. The standard InChI is InChI=1S/C13H12F2O3/c1-7(18-13(17)8-2-3-8)12(16)9-4-5-10(14)11(15)6-9/h4-8H,2-3H2,1H3. The molecule has 96 valence electrons. The largest absolute Gasteiger partial charge is 0.454 e. The molecule has 1 aromatic rings. The van der Waals surface area contributed by atoms with E-state index in [1.807, 2.05) is 0 Å². The molecule has 0 aliphatic heterocycles. The molecule has 0 aromatic heterocycles. The molecule has 0 heterocycles. The fourth-order valence-corrected chi connectivity index (χ4v) is 1.53. The molecule has 18 heavy (non-hydrogen) atoms. The molecule has 1 aliphatic carbocycles. The van der Waals surface area contributed by atoms with Gasteiger partial charge in [-0.2, -0.15) is 0 Å². The maximum atomic E-state index is 13.0. The van der Waals surface area contributed by atoms with Crippen molar-refractivity contribution in [1.29, 1.82) is 0 Å². The number of benzene rings is 1. The zero-order chi connectivity index (χ0) is 13.3. The lowest BCUT2D eigenvalue weighted by Crippen LogP contribution is -2.25. The summed E-state index contributed by atoms with van der Waals surface area (Å²) in [4.78, 5) is 23.2. The normalized spacial score (nSPS) is 16.2. The number of hydrogen-bond acceptors (Lipinski definition) is 3. The van der Waals surface area contributed by atoms with Crippen molar-refractivity contribution < 1.29 is 23.1 Å². The van der Waals surface area contributed by atoms with E-state index in [-0.39, 0.29) is 11.5 Å². The van der Waals surface area contributed by atoms with E-state index in [2.05, 4.69) is 0 Å². The van der Waals surface area contributed by atoms with E-state index in [9.17, 15) is 18.4 Å². The fraction of sp³-hybridized carbons (Fsp3) is 0.385. The van der Waals surface area contributed by atoms with Crippen LogP contribution in [0.5, 0.6) is 0 Å². The molecular weight excluding hydrogens is 242 g/mol. The summed E-state index contributed by atoms with van der Waals surface area (Å²) in [7, 11) is 0. The van der Waals surface area contributed by atoms with Crippen LogP contribution in [0.1, 0.15) is 30.1 Å². The lowest BCUT2D eigenvalue weighted by Gasteiger charge is -2.12. The van der Waals surface area contributed by atoms with E-state index >= 15 is 0 Å². The maximum Gasteiger partial charge on any atom is 0.309 e. The molecule has 1 aliphatic rings. The molecule has 0 amide bonds. The first kappa shape index (κ1) is 12.7. The number of carbonyl (C=O) groups excluding carboxylic acids is 2. The first-order valence-corrected chi connectivity index (χ1v) is 5.69. The molecule has 0 spiro atoms. The predicted molar refractivity (Wildman–Crippen MR) is 59.0 cm³/mol. The third-order valence-electron chi connectivity index (χ3n) is 2.78. The van der Waals surface area contributed by atoms with Crippen LogP contribution in [0, 0.1) is 17.6 Å². The van der Waals surface area contributed by atoms with E-state index in [1.165, 1.54) is 13.0 Å². The molecule has 3 nitrogen and oxygen atoms in total. The topological polar surface area (TPSA) is 43.4 Å². The third kappa shape index (κ3) is 2.72. The van der Waals surface area contributed by atoms with Gasteiger partial charge in [-0.3, -0.25) is 9.59 Å². The van der Waals surface area contributed by atoms with Crippen LogP contribution < -0.4 is 0 Å². The van der Waals surface area contributed by atoms with E-state index in [0.717, 1.165) is 25.0 Å². The Morgan fingerprint density at radius 1 is 1.28 bits per heavy atom. The van der Waals surface area contributed by atoms with Gasteiger partial charge in [0.05, 0.1) is 5.92 Å². The lowest BCUT2D eigenvalue weighted by molar-refractivity contribution is -0.147. The van der Waals surface area contributed by atoms with E-state index in [0.29, 0.717) is 0 Å². The Hall–Kier alpha value is -1.78. The van der Waals surface area contributed by atoms with Crippen molar-refractivity contribution in [3.8, 4) is 0 Å². The Balaban J connectivity index is 2.04. The van der Waals surface area contributed by atoms with Crippen LogP contribution in [-0.2, 0) is 9.53 Å². The maximum absolute atomic E-state index is 13.0. The van der Waals surface area contributed by atoms with E-state index in [4.69, 9.17) is 4.74 Å². The Morgan fingerprint density at radius 2 is 1.94 bits per heavy atom. The second-order valence-electron chi connectivity index (χ2n) is 4.35. The Morgan fingerprint density at radius 3 is 2.50 bits per heavy atom. The van der Waals surface area contributed by atoms with Gasteiger partial charge >= 0.3 is 5.97 Å². The van der Waals surface area contributed by atoms with Gasteiger partial charge in [0.1, 0.15) is 0 Å². The monoisotopic (exact) mass is 254 g/mol. The van der Waals surface area contributed by atoms with Gasteiger partial charge in [0.2, 0.25) is 5.78 Å². The van der Waals surface area contributed by atoms with Crippen LogP contribution in [-0.4, -0.2) is 17.9 Å². The zero-order valence-corrected chi connectivity index (χ0v) is 9.78. The summed E-state index contributed by atoms with van der Waals surface area (Å²) in [6.07, 6.45) is 0.582. The first-order chi connectivity index (χ1) is 8.49. The Labute approximate surface area is 103 Å². The van der Waals surface area contributed by atoms with Gasteiger partial charge in [0.25, 0.3) is 0 Å². The Kier molecular flexibility index (Phi) is 3.41. The molecule has 0 N–H and O–H groups in total.